The molecule has 3 rings (SSSR count). The molecule has 0 aliphatic rings. The van der Waals surface area contributed by atoms with E-state index in [9.17, 15) is 23.2 Å². The number of benzene rings is 2. The Morgan fingerprint density at radius 3 is 2.75 bits per heavy atom. The Morgan fingerprint density at radius 1 is 1.21 bits per heavy atom. The van der Waals surface area contributed by atoms with Gasteiger partial charge >= 0.3 is 5.97 Å². The molecule has 10 heteroatoms. The highest BCUT2D eigenvalue weighted by Crippen LogP contribution is 2.15. The average molecular weight is 388 g/mol. The SMILES string of the molecule is CC(OC(=O)Cn1nnc2ccccc2c1=O)C(=O)Nc1cc(F)ccc1F. The van der Waals surface area contributed by atoms with Crippen molar-refractivity contribution in [3.05, 3.63) is 64.5 Å². The number of nitrogens with zero attached hydrogens (tertiary/aromatic N) is 3. The zero-order chi connectivity index (χ0) is 20.3. The van der Waals surface area contributed by atoms with Crippen LogP contribution in [-0.4, -0.2) is 33.0 Å². The molecule has 1 atom stereocenters. The molecular formula is C18H14F2N4O4. The molecule has 0 fully saturated rings. The average Bonchev–Trinajstić information content (AvgIpc) is 2.67. The van der Waals surface area contributed by atoms with Crippen molar-refractivity contribution in [2.75, 3.05) is 5.32 Å². The highest BCUT2D eigenvalue weighted by molar-refractivity contribution is 5.95. The lowest BCUT2D eigenvalue weighted by Crippen LogP contribution is -2.34. The molecule has 2 aromatic carbocycles. The number of nitrogens with one attached hydrogen (secondary N) is 1. The second-order valence-corrected chi connectivity index (χ2v) is 5.81. The minimum atomic E-state index is -1.32. The minimum Gasteiger partial charge on any atom is -0.451 e. The van der Waals surface area contributed by atoms with Crippen LogP contribution >= 0.6 is 0 Å². The molecule has 1 N–H and O–H groups in total. The largest absolute Gasteiger partial charge is 0.451 e. The quantitative estimate of drug-likeness (QED) is 0.667. The monoisotopic (exact) mass is 388 g/mol. The molecule has 0 aliphatic heterocycles. The third kappa shape index (κ3) is 4.17. The number of halogens is 2. The molecular weight excluding hydrogens is 374 g/mol. The van der Waals surface area contributed by atoms with Crippen molar-refractivity contribution in [2.45, 2.75) is 19.6 Å². The zero-order valence-electron chi connectivity index (χ0n) is 14.6. The Hall–Kier alpha value is -3.69. The van der Waals surface area contributed by atoms with Crippen molar-refractivity contribution in [1.82, 2.24) is 15.0 Å². The van der Waals surface area contributed by atoms with Gasteiger partial charge in [-0.1, -0.05) is 17.3 Å². The lowest BCUT2D eigenvalue weighted by Gasteiger charge is -2.14. The fraction of sp³-hybridized carbons (Fsp3) is 0.167. The lowest BCUT2D eigenvalue weighted by atomic mass is 10.2. The molecule has 144 valence electrons. The summed E-state index contributed by atoms with van der Waals surface area (Å²) in [4.78, 5) is 36.3. The zero-order valence-corrected chi connectivity index (χ0v) is 14.6. The highest BCUT2D eigenvalue weighted by atomic mass is 19.1. The first kappa shape index (κ1) is 19.1. The predicted octanol–water partition coefficient (Wildman–Crippen LogP) is 1.64. The molecule has 0 radical (unpaired) electrons. The molecule has 0 bridgehead atoms. The van der Waals surface area contributed by atoms with Crippen LogP contribution in [0.1, 0.15) is 6.92 Å². The van der Waals surface area contributed by atoms with Crippen LogP contribution in [0.25, 0.3) is 10.9 Å². The summed E-state index contributed by atoms with van der Waals surface area (Å²) in [6.07, 6.45) is -1.32. The number of hydrogen-bond donors (Lipinski definition) is 1. The second-order valence-electron chi connectivity index (χ2n) is 5.81. The highest BCUT2D eigenvalue weighted by Gasteiger charge is 2.20. The van der Waals surface area contributed by atoms with E-state index in [-0.39, 0.29) is 11.1 Å². The first-order chi connectivity index (χ1) is 13.3. The van der Waals surface area contributed by atoms with Gasteiger partial charge in [-0.15, -0.1) is 5.10 Å². The van der Waals surface area contributed by atoms with Crippen LogP contribution in [0, 0.1) is 11.6 Å². The topological polar surface area (TPSA) is 103 Å². The Morgan fingerprint density at radius 2 is 1.96 bits per heavy atom. The van der Waals surface area contributed by atoms with Crippen molar-refractivity contribution in [3.8, 4) is 0 Å². The van der Waals surface area contributed by atoms with Gasteiger partial charge in [0.25, 0.3) is 11.5 Å². The number of ether oxygens (including phenoxy) is 1. The van der Waals surface area contributed by atoms with Crippen molar-refractivity contribution < 1.29 is 23.1 Å². The van der Waals surface area contributed by atoms with Crippen LogP contribution in [0.15, 0.2) is 47.3 Å². The maximum atomic E-state index is 13.6. The first-order valence-electron chi connectivity index (χ1n) is 8.13. The normalized spacial score (nSPS) is 11.8. The molecule has 0 saturated heterocycles. The summed E-state index contributed by atoms with van der Waals surface area (Å²) < 4.78 is 32.5. The Kier molecular flexibility index (Phi) is 5.39. The third-order valence-electron chi connectivity index (χ3n) is 3.77. The molecule has 1 aromatic heterocycles. The molecule has 3 aromatic rings. The summed E-state index contributed by atoms with van der Waals surface area (Å²) in [6.45, 7) is 0.682. The molecule has 0 aliphatic carbocycles. The first-order valence-corrected chi connectivity index (χ1v) is 8.13. The second kappa shape index (κ2) is 7.91. The number of carbonyl (C=O) groups is 2. The number of fused-ring (bicyclic) bond motifs is 1. The van der Waals surface area contributed by atoms with Gasteiger partial charge in [-0.2, -0.15) is 4.68 Å². The molecule has 1 unspecified atom stereocenters. The van der Waals surface area contributed by atoms with Crippen LogP contribution in [0.5, 0.6) is 0 Å². The van der Waals surface area contributed by atoms with E-state index >= 15 is 0 Å². The van der Waals surface area contributed by atoms with E-state index in [0.29, 0.717) is 5.52 Å². The number of anilines is 1. The molecule has 1 amide bonds. The fourth-order valence-corrected chi connectivity index (χ4v) is 2.36. The molecule has 0 spiro atoms. The van der Waals surface area contributed by atoms with E-state index in [1.807, 2.05) is 0 Å². The summed E-state index contributed by atoms with van der Waals surface area (Å²) >= 11 is 0. The van der Waals surface area contributed by atoms with E-state index in [0.717, 1.165) is 22.9 Å². The Balaban J connectivity index is 1.66. The van der Waals surface area contributed by atoms with Gasteiger partial charge in [0.15, 0.2) is 6.10 Å². The summed E-state index contributed by atoms with van der Waals surface area (Å²) in [5.41, 5.74) is -0.548. The van der Waals surface area contributed by atoms with Crippen LogP contribution in [-0.2, 0) is 20.9 Å². The smallest absolute Gasteiger partial charge is 0.328 e. The van der Waals surface area contributed by atoms with E-state index in [2.05, 4.69) is 15.6 Å². The maximum absolute atomic E-state index is 13.6. The minimum absolute atomic E-state index is 0.276. The number of aromatic nitrogens is 3. The fourth-order valence-electron chi connectivity index (χ4n) is 2.36. The van der Waals surface area contributed by atoms with E-state index in [4.69, 9.17) is 4.74 Å². The predicted molar refractivity (Wildman–Crippen MR) is 94.3 cm³/mol. The van der Waals surface area contributed by atoms with Gasteiger partial charge in [-0.05, 0) is 31.2 Å². The van der Waals surface area contributed by atoms with E-state index in [1.165, 1.54) is 13.0 Å². The van der Waals surface area contributed by atoms with Crippen molar-refractivity contribution in [2.24, 2.45) is 0 Å². The van der Waals surface area contributed by atoms with Gasteiger partial charge < -0.3 is 10.1 Å². The van der Waals surface area contributed by atoms with Gasteiger partial charge in [0.05, 0.1) is 11.1 Å². The molecule has 28 heavy (non-hydrogen) atoms. The Labute approximate surface area is 156 Å². The van der Waals surface area contributed by atoms with Gasteiger partial charge in [0.2, 0.25) is 0 Å². The van der Waals surface area contributed by atoms with Gasteiger partial charge in [-0.25, -0.2) is 8.78 Å². The van der Waals surface area contributed by atoms with Crippen LogP contribution in [0.3, 0.4) is 0 Å². The van der Waals surface area contributed by atoms with E-state index in [1.54, 1.807) is 18.2 Å². The van der Waals surface area contributed by atoms with Crippen LogP contribution < -0.4 is 10.9 Å². The van der Waals surface area contributed by atoms with Gasteiger partial charge in [0, 0.05) is 6.07 Å². The molecule has 8 nitrogen and oxygen atoms in total. The summed E-state index contributed by atoms with van der Waals surface area (Å²) in [7, 11) is 0. The van der Waals surface area contributed by atoms with Crippen LogP contribution in [0.4, 0.5) is 14.5 Å². The number of carbonyl (C=O) groups excluding carboxylic acids is 2. The van der Waals surface area contributed by atoms with Crippen molar-refractivity contribution in [3.63, 3.8) is 0 Å². The number of hydrogen-bond acceptors (Lipinski definition) is 6. The van der Waals surface area contributed by atoms with E-state index < -0.39 is 41.7 Å². The summed E-state index contributed by atoms with van der Waals surface area (Å²) in [6, 6.07) is 9.03. The lowest BCUT2D eigenvalue weighted by molar-refractivity contribution is -0.154. The van der Waals surface area contributed by atoms with Crippen LogP contribution in [0.2, 0.25) is 0 Å². The van der Waals surface area contributed by atoms with Gasteiger partial charge in [-0.3, -0.25) is 14.4 Å². The summed E-state index contributed by atoms with van der Waals surface area (Å²) in [5.74, 6) is -3.37. The molecule has 1 heterocycles. The van der Waals surface area contributed by atoms with Crippen molar-refractivity contribution in [1.29, 1.82) is 0 Å². The number of rotatable bonds is 5. The number of amides is 1. The maximum Gasteiger partial charge on any atom is 0.328 e. The Bertz CT molecular complexity index is 1120. The van der Waals surface area contributed by atoms with Gasteiger partial charge in [0.1, 0.15) is 23.7 Å². The molecule has 0 saturated carbocycles. The van der Waals surface area contributed by atoms with Crippen molar-refractivity contribution >= 4 is 28.5 Å². The number of esters is 1. The standard InChI is InChI=1S/C18H14F2N4O4/c1-10(17(26)21-15-8-11(19)6-7-13(15)20)28-16(25)9-24-18(27)12-4-2-3-5-14(12)22-23-24/h2-8,10H,9H2,1H3,(H,21,26). The third-order valence-corrected chi connectivity index (χ3v) is 3.77. The summed E-state index contributed by atoms with van der Waals surface area (Å²) in [5, 5.41) is 9.88.